The monoisotopic (exact) mass is 311 g/mol. The van der Waals surface area contributed by atoms with Gasteiger partial charge in [-0.05, 0) is 19.8 Å². The molecule has 22 heavy (non-hydrogen) atoms. The van der Waals surface area contributed by atoms with Crippen LogP contribution in [0.5, 0.6) is 0 Å². The lowest BCUT2D eigenvalue weighted by molar-refractivity contribution is -0.135. The van der Waals surface area contributed by atoms with E-state index in [2.05, 4.69) is 6.92 Å². The van der Waals surface area contributed by atoms with Crippen molar-refractivity contribution in [2.45, 2.75) is 96.5 Å². The molecule has 1 saturated heterocycles. The Hall–Kier alpha value is -0.570. The highest BCUT2D eigenvalue weighted by molar-refractivity contribution is 5.87. The fourth-order valence-electron chi connectivity index (χ4n) is 3.03. The van der Waals surface area contributed by atoms with Gasteiger partial charge in [0, 0.05) is 13.6 Å². The maximum Gasteiger partial charge on any atom is 0.256 e. The molecule has 1 rings (SSSR count). The molecule has 1 fully saturated rings. The minimum Gasteiger partial charge on any atom is -0.359 e. The molecule has 130 valence electrons. The van der Waals surface area contributed by atoms with Crippen molar-refractivity contribution in [3.63, 3.8) is 0 Å². The smallest absolute Gasteiger partial charge is 0.256 e. The van der Waals surface area contributed by atoms with Crippen LogP contribution >= 0.6 is 0 Å². The Morgan fingerprint density at radius 1 is 0.909 bits per heavy atom. The van der Waals surface area contributed by atoms with Gasteiger partial charge in [0.25, 0.3) is 5.91 Å². The van der Waals surface area contributed by atoms with E-state index in [4.69, 9.17) is 4.74 Å². The van der Waals surface area contributed by atoms with Crippen LogP contribution in [-0.4, -0.2) is 36.6 Å². The largest absolute Gasteiger partial charge is 0.359 e. The van der Waals surface area contributed by atoms with E-state index in [1.807, 2.05) is 14.0 Å². The summed E-state index contributed by atoms with van der Waals surface area (Å²) in [5.74, 6) is 0.182. The van der Waals surface area contributed by atoms with Crippen LogP contribution in [0.25, 0.3) is 0 Å². The molecule has 0 aromatic rings. The third-order valence-corrected chi connectivity index (χ3v) is 4.89. The summed E-state index contributed by atoms with van der Waals surface area (Å²) in [6, 6.07) is 0. The third-order valence-electron chi connectivity index (χ3n) is 4.89. The SMILES string of the molecule is CCCCCCCCCCCCCC1(C(=O)N(C)CC)CO1. The maximum absolute atomic E-state index is 12.2. The Balaban J connectivity index is 1.92. The number of ether oxygens (including phenoxy) is 1. The quantitative estimate of drug-likeness (QED) is 0.336. The van der Waals surface area contributed by atoms with E-state index in [1.54, 1.807) is 4.90 Å². The van der Waals surface area contributed by atoms with Crippen LogP contribution in [0.4, 0.5) is 0 Å². The molecule has 0 saturated carbocycles. The summed E-state index contributed by atoms with van der Waals surface area (Å²) in [6.07, 6.45) is 15.7. The van der Waals surface area contributed by atoms with Gasteiger partial charge in [0.2, 0.25) is 0 Å². The average Bonchev–Trinajstić information content (AvgIpc) is 3.32. The molecule has 1 unspecified atom stereocenters. The fourth-order valence-corrected chi connectivity index (χ4v) is 3.03. The number of amides is 1. The van der Waals surface area contributed by atoms with Gasteiger partial charge in [0.15, 0.2) is 5.60 Å². The molecule has 0 bridgehead atoms. The van der Waals surface area contributed by atoms with Gasteiger partial charge >= 0.3 is 0 Å². The van der Waals surface area contributed by atoms with E-state index in [0.29, 0.717) is 6.61 Å². The zero-order valence-electron chi connectivity index (χ0n) is 15.2. The first kappa shape index (κ1) is 19.5. The molecular formula is C19H37NO2. The number of carbonyl (C=O) groups is 1. The Morgan fingerprint density at radius 3 is 1.77 bits per heavy atom. The van der Waals surface area contributed by atoms with Crippen molar-refractivity contribution >= 4 is 5.91 Å². The second-order valence-electron chi connectivity index (χ2n) is 6.89. The van der Waals surface area contributed by atoms with Crippen LogP contribution in [0.15, 0.2) is 0 Å². The number of hydrogen-bond donors (Lipinski definition) is 0. The average molecular weight is 312 g/mol. The van der Waals surface area contributed by atoms with Crippen LogP contribution in [0.3, 0.4) is 0 Å². The number of hydrogen-bond acceptors (Lipinski definition) is 2. The number of unbranched alkanes of at least 4 members (excludes halogenated alkanes) is 10. The molecular weight excluding hydrogens is 274 g/mol. The van der Waals surface area contributed by atoms with Gasteiger partial charge in [-0.1, -0.05) is 71.1 Å². The zero-order chi connectivity index (χ0) is 16.3. The Bertz CT molecular complexity index is 300. The van der Waals surface area contributed by atoms with Gasteiger partial charge in [-0.25, -0.2) is 0 Å². The number of epoxide rings is 1. The van der Waals surface area contributed by atoms with Crippen LogP contribution in [0.1, 0.15) is 90.9 Å². The van der Waals surface area contributed by atoms with Crippen LogP contribution in [0.2, 0.25) is 0 Å². The van der Waals surface area contributed by atoms with Crippen LogP contribution in [0, 0.1) is 0 Å². The molecule has 1 aliphatic rings. The van der Waals surface area contributed by atoms with Crippen LogP contribution < -0.4 is 0 Å². The van der Waals surface area contributed by atoms with Crippen LogP contribution in [-0.2, 0) is 9.53 Å². The first-order valence-corrected chi connectivity index (χ1v) is 9.56. The van der Waals surface area contributed by atoms with E-state index in [1.165, 1.54) is 64.2 Å². The summed E-state index contributed by atoms with van der Waals surface area (Å²) in [7, 11) is 1.87. The van der Waals surface area contributed by atoms with Gasteiger partial charge in [0.1, 0.15) is 0 Å². The molecule has 0 radical (unpaired) electrons. The van der Waals surface area contributed by atoms with E-state index in [9.17, 15) is 4.79 Å². The van der Waals surface area contributed by atoms with Crippen molar-refractivity contribution in [2.24, 2.45) is 0 Å². The van der Waals surface area contributed by atoms with Crippen molar-refractivity contribution in [2.75, 3.05) is 20.2 Å². The Kier molecular flexibility index (Phi) is 9.77. The topological polar surface area (TPSA) is 32.8 Å². The summed E-state index contributed by atoms with van der Waals surface area (Å²) in [5.41, 5.74) is -0.440. The van der Waals surface area contributed by atoms with Crippen molar-refractivity contribution in [1.82, 2.24) is 4.90 Å². The third kappa shape index (κ3) is 7.13. The fraction of sp³-hybridized carbons (Fsp3) is 0.947. The van der Waals surface area contributed by atoms with Gasteiger partial charge in [-0.3, -0.25) is 4.79 Å². The normalized spacial score (nSPS) is 20.1. The summed E-state index contributed by atoms with van der Waals surface area (Å²) < 4.78 is 5.48. The van der Waals surface area contributed by atoms with Gasteiger partial charge < -0.3 is 9.64 Å². The number of rotatable bonds is 14. The second-order valence-corrected chi connectivity index (χ2v) is 6.89. The van der Waals surface area contributed by atoms with Crippen molar-refractivity contribution < 1.29 is 9.53 Å². The molecule has 0 spiro atoms. The summed E-state index contributed by atoms with van der Waals surface area (Å²) in [5, 5.41) is 0. The maximum atomic E-state index is 12.2. The molecule has 0 N–H and O–H groups in total. The van der Waals surface area contributed by atoms with Crippen molar-refractivity contribution in [1.29, 1.82) is 0 Å². The number of carbonyl (C=O) groups excluding carboxylic acids is 1. The summed E-state index contributed by atoms with van der Waals surface area (Å²) in [4.78, 5) is 14.0. The van der Waals surface area contributed by atoms with Crippen molar-refractivity contribution in [3.8, 4) is 0 Å². The second kappa shape index (κ2) is 11.0. The molecule has 3 heteroatoms. The van der Waals surface area contributed by atoms with Gasteiger partial charge in [-0.15, -0.1) is 0 Å². The lowest BCUT2D eigenvalue weighted by Crippen LogP contribution is -2.38. The molecule has 1 amide bonds. The molecule has 1 heterocycles. The highest BCUT2D eigenvalue weighted by atomic mass is 16.6. The molecule has 3 nitrogen and oxygen atoms in total. The molecule has 0 aromatic carbocycles. The predicted octanol–water partition coefficient (Wildman–Crippen LogP) is 4.93. The Morgan fingerprint density at radius 2 is 1.36 bits per heavy atom. The first-order chi connectivity index (χ1) is 10.7. The molecule has 1 atom stereocenters. The zero-order valence-corrected chi connectivity index (χ0v) is 15.2. The lowest BCUT2D eigenvalue weighted by Gasteiger charge is -2.19. The predicted molar refractivity (Wildman–Crippen MR) is 93.1 cm³/mol. The highest BCUT2D eigenvalue weighted by Crippen LogP contribution is 2.34. The van der Waals surface area contributed by atoms with E-state index >= 15 is 0 Å². The van der Waals surface area contributed by atoms with E-state index in [-0.39, 0.29) is 5.91 Å². The van der Waals surface area contributed by atoms with Crippen molar-refractivity contribution in [3.05, 3.63) is 0 Å². The Labute approximate surface area is 137 Å². The number of likely N-dealkylation sites (N-methyl/N-ethyl adjacent to an activating group) is 1. The molecule has 0 aliphatic carbocycles. The van der Waals surface area contributed by atoms with Gasteiger partial charge in [0.05, 0.1) is 6.61 Å². The molecule has 0 aromatic heterocycles. The lowest BCUT2D eigenvalue weighted by atomic mass is 9.99. The molecule has 1 aliphatic heterocycles. The minimum atomic E-state index is -0.440. The first-order valence-electron chi connectivity index (χ1n) is 9.56. The summed E-state index contributed by atoms with van der Waals surface area (Å²) >= 11 is 0. The minimum absolute atomic E-state index is 0.182. The highest BCUT2D eigenvalue weighted by Gasteiger charge is 2.52. The summed E-state index contributed by atoms with van der Waals surface area (Å²) in [6.45, 7) is 5.68. The van der Waals surface area contributed by atoms with E-state index < -0.39 is 5.60 Å². The van der Waals surface area contributed by atoms with Gasteiger partial charge in [-0.2, -0.15) is 0 Å². The van der Waals surface area contributed by atoms with E-state index in [0.717, 1.165) is 19.4 Å². The standard InChI is InChI=1S/C19H37NO2/c1-4-6-7-8-9-10-11-12-13-14-15-16-19(17-22-19)18(21)20(3)5-2/h4-17H2,1-3H3. The number of nitrogens with zero attached hydrogens (tertiary/aromatic N) is 1.